The summed E-state index contributed by atoms with van der Waals surface area (Å²) in [5.41, 5.74) is 9.99. The van der Waals surface area contributed by atoms with Crippen molar-refractivity contribution in [1.29, 1.82) is 5.26 Å². The van der Waals surface area contributed by atoms with Crippen LogP contribution >= 0.6 is 11.6 Å². The van der Waals surface area contributed by atoms with E-state index in [2.05, 4.69) is 16.0 Å². The summed E-state index contributed by atoms with van der Waals surface area (Å²) in [4.78, 5) is 25.6. The van der Waals surface area contributed by atoms with Crippen LogP contribution in [-0.4, -0.2) is 60.2 Å². The number of ether oxygens (including phenoxy) is 1. The second-order valence-electron chi connectivity index (χ2n) is 8.41. The van der Waals surface area contributed by atoms with Gasteiger partial charge in [0.1, 0.15) is 16.9 Å². The number of nitrogen functional groups attached to an aromatic ring is 1. The third-order valence-electron chi connectivity index (χ3n) is 6.01. The quantitative estimate of drug-likeness (QED) is 0.667. The number of methoxy groups -OCH3 is 1. The molecule has 4 rings (SSSR count). The molecule has 0 spiro atoms. The number of nitrogens with two attached hydrogens (primary N) is 1. The van der Waals surface area contributed by atoms with Crippen molar-refractivity contribution in [3.8, 4) is 17.2 Å². The minimum atomic E-state index is 0.0514. The Morgan fingerprint density at radius 2 is 2.09 bits per heavy atom. The minimum Gasteiger partial charge on any atom is -0.396 e. The molecule has 2 aromatic heterocycles. The SMILES string of the molecule is COCCC(=O)N1CCN(c2nc(C3CC3)c(-c3cc(Cl)nc(C#N)c3)cc2N)C[C@H]1C. The summed E-state index contributed by atoms with van der Waals surface area (Å²) in [6.45, 7) is 4.43. The van der Waals surface area contributed by atoms with Gasteiger partial charge in [0.25, 0.3) is 0 Å². The number of carbonyl (C=O) groups excluding carboxylic acids is 1. The van der Waals surface area contributed by atoms with E-state index in [0.29, 0.717) is 44.3 Å². The summed E-state index contributed by atoms with van der Waals surface area (Å²) in [6.07, 6.45) is 2.54. The third kappa shape index (κ3) is 4.64. The number of piperazine rings is 1. The summed E-state index contributed by atoms with van der Waals surface area (Å²) >= 11 is 6.14. The number of anilines is 2. The predicted molar refractivity (Wildman–Crippen MR) is 123 cm³/mol. The van der Waals surface area contributed by atoms with Gasteiger partial charge in [0.15, 0.2) is 5.82 Å². The summed E-state index contributed by atoms with van der Waals surface area (Å²) < 4.78 is 5.04. The molecule has 1 amide bonds. The van der Waals surface area contributed by atoms with Crippen molar-refractivity contribution in [2.75, 3.05) is 44.0 Å². The van der Waals surface area contributed by atoms with E-state index in [1.165, 1.54) is 0 Å². The molecular weight excluding hydrogens is 428 g/mol. The molecule has 1 aliphatic carbocycles. The van der Waals surface area contributed by atoms with Crippen LogP contribution in [0.1, 0.15) is 43.5 Å². The fourth-order valence-electron chi connectivity index (χ4n) is 4.25. The largest absolute Gasteiger partial charge is 0.396 e. The number of rotatable bonds is 6. The van der Waals surface area contributed by atoms with E-state index in [9.17, 15) is 10.1 Å². The number of amides is 1. The molecule has 3 heterocycles. The highest BCUT2D eigenvalue weighted by molar-refractivity contribution is 6.29. The Morgan fingerprint density at radius 3 is 2.75 bits per heavy atom. The second-order valence-corrected chi connectivity index (χ2v) is 8.80. The number of carbonyl (C=O) groups is 1. The second kappa shape index (κ2) is 9.31. The molecule has 0 aromatic carbocycles. The van der Waals surface area contributed by atoms with E-state index < -0.39 is 0 Å². The summed E-state index contributed by atoms with van der Waals surface area (Å²) in [7, 11) is 1.60. The molecule has 1 saturated heterocycles. The summed E-state index contributed by atoms with van der Waals surface area (Å²) in [6, 6.07) is 7.51. The number of pyridine rings is 2. The van der Waals surface area contributed by atoms with E-state index in [0.717, 1.165) is 35.5 Å². The fourth-order valence-corrected chi connectivity index (χ4v) is 4.46. The van der Waals surface area contributed by atoms with E-state index in [1.54, 1.807) is 19.2 Å². The number of nitrogens with zero attached hydrogens (tertiary/aromatic N) is 5. The first-order valence-electron chi connectivity index (χ1n) is 10.8. The Kier molecular flexibility index (Phi) is 6.49. The molecule has 2 N–H and O–H groups in total. The van der Waals surface area contributed by atoms with Crippen molar-refractivity contribution in [2.24, 2.45) is 0 Å². The number of halogens is 1. The maximum absolute atomic E-state index is 12.5. The monoisotopic (exact) mass is 454 g/mol. The molecule has 168 valence electrons. The lowest BCUT2D eigenvalue weighted by Crippen LogP contribution is -2.54. The van der Waals surface area contributed by atoms with Gasteiger partial charge >= 0.3 is 0 Å². The van der Waals surface area contributed by atoms with Gasteiger partial charge in [-0.1, -0.05) is 11.6 Å². The molecule has 0 bridgehead atoms. The molecule has 2 aliphatic rings. The standard InChI is InChI=1S/C23H27ClN6O2/c1-14-13-29(6-7-30(14)21(31)5-8-32-2)23-19(26)11-18(22(28-23)15-3-4-15)16-9-17(12-25)27-20(24)10-16/h9-11,14-15H,3-8,13,26H2,1-2H3/t14-/m1/s1. The first kappa shape index (κ1) is 22.3. The van der Waals surface area contributed by atoms with Crippen molar-refractivity contribution < 1.29 is 9.53 Å². The van der Waals surface area contributed by atoms with Gasteiger partial charge in [-0.2, -0.15) is 5.26 Å². The topological polar surface area (TPSA) is 108 Å². The van der Waals surface area contributed by atoms with Crippen LogP contribution < -0.4 is 10.6 Å². The summed E-state index contributed by atoms with van der Waals surface area (Å²) in [5, 5.41) is 9.54. The maximum atomic E-state index is 12.5. The highest BCUT2D eigenvalue weighted by Crippen LogP contribution is 2.45. The molecule has 32 heavy (non-hydrogen) atoms. The van der Waals surface area contributed by atoms with E-state index in [-0.39, 0.29) is 22.8 Å². The van der Waals surface area contributed by atoms with Crippen LogP contribution in [0.25, 0.3) is 11.1 Å². The maximum Gasteiger partial charge on any atom is 0.225 e. The first-order valence-corrected chi connectivity index (χ1v) is 11.2. The Morgan fingerprint density at radius 1 is 1.31 bits per heavy atom. The van der Waals surface area contributed by atoms with E-state index in [4.69, 9.17) is 27.1 Å². The molecule has 2 aromatic rings. The minimum absolute atomic E-state index is 0.0514. The number of hydrogen-bond donors (Lipinski definition) is 1. The van der Waals surface area contributed by atoms with Gasteiger partial charge < -0.3 is 20.3 Å². The van der Waals surface area contributed by atoms with Crippen LogP contribution in [0.2, 0.25) is 5.15 Å². The average Bonchev–Trinajstić information content (AvgIpc) is 3.62. The zero-order valence-electron chi connectivity index (χ0n) is 18.3. The van der Waals surface area contributed by atoms with Crippen LogP contribution in [0.15, 0.2) is 18.2 Å². The van der Waals surface area contributed by atoms with Crippen molar-refractivity contribution in [3.05, 3.63) is 34.7 Å². The van der Waals surface area contributed by atoms with Gasteiger partial charge in [0.2, 0.25) is 5.91 Å². The first-order chi connectivity index (χ1) is 15.4. The van der Waals surface area contributed by atoms with Crippen LogP contribution in [-0.2, 0) is 9.53 Å². The molecule has 1 atom stereocenters. The number of nitriles is 1. The molecule has 1 aliphatic heterocycles. The molecule has 9 heteroatoms. The molecule has 1 saturated carbocycles. The summed E-state index contributed by atoms with van der Waals surface area (Å²) in [5.74, 6) is 1.24. The van der Waals surface area contributed by atoms with Gasteiger partial charge in [-0.05, 0) is 43.5 Å². The molecule has 8 nitrogen and oxygen atoms in total. The number of aromatic nitrogens is 2. The molecule has 0 radical (unpaired) electrons. The lowest BCUT2D eigenvalue weighted by Gasteiger charge is -2.41. The van der Waals surface area contributed by atoms with Crippen molar-refractivity contribution in [1.82, 2.24) is 14.9 Å². The third-order valence-corrected chi connectivity index (χ3v) is 6.21. The highest BCUT2D eigenvalue weighted by Gasteiger charge is 2.32. The lowest BCUT2D eigenvalue weighted by atomic mass is 10.0. The van der Waals surface area contributed by atoms with Gasteiger partial charge in [-0.25, -0.2) is 9.97 Å². The van der Waals surface area contributed by atoms with Crippen LogP contribution in [0.5, 0.6) is 0 Å². The van der Waals surface area contributed by atoms with Crippen molar-refractivity contribution in [3.63, 3.8) is 0 Å². The zero-order chi connectivity index (χ0) is 22.8. The van der Waals surface area contributed by atoms with Crippen LogP contribution in [0, 0.1) is 11.3 Å². The Balaban J connectivity index is 1.62. The Hall–Kier alpha value is -2.89. The van der Waals surface area contributed by atoms with Gasteiger partial charge in [-0.15, -0.1) is 0 Å². The van der Waals surface area contributed by atoms with E-state index in [1.807, 2.05) is 17.9 Å². The Labute approximate surface area is 192 Å². The molecule has 2 fully saturated rings. The zero-order valence-corrected chi connectivity index (χ0v) is 19.1. The lowest BCUT2D eigenvalue weighted by molar-refractivity contribution is -0.134. The van der Waals surface area contributed by atoms with Crippen molar-refractivity contribution >= 4 is 29.0 Å². The smallest absolute Gasteiger partial charge is 0.225 e. The fraction of sp³-hybridized carbons (Fsp3) is 0.478. The van der Waals surface area contributed by atoms with Crippen LogP contribution in [0.3, 0.4) is 0 Å². The van der Waals surface area contributed by atoms with Gasteiger partial charge in [0.05, 0.1) is 24.4 Å². The highest BCUT2D eigenvalue weighted by atomic mass is 35.5. The predicted octanol–water partition coefficient (Wildman–Crippen LogP) is 3.20. The van der Waals surface area contributed by atoms with Crippen LogP contribution in [0.4, 0.5) is 11.5 Å². The average molecular weight is 455 g/mol. The number of hydrogen-bond acceptors (Lipinski definition) is 7. The molecule has 0 unspecified atom stereocenters. The van der Waals surface area contributed by atoms with E-state index >= 15 is 0 Å². The van der Waals surface area contributed by atoms with Gasteiger partial charge in [-0.3, -0.25) is 4.79 Å². The molecular formula is C23H27ClN6O2. The van der Waals surface area contributed by atoms with Crippen molar-refractivity contribution in [2.45, 2.75) is 38.1 Å². The normalized spacial score (nSPS) is 18.5. The Bertz CT molecular complexity index is 1070. The van der Waals surface area contributed by atoms with Gasteiger partial charge in [0, 0.05) is 44.3 Å².